The van der Waals surface area contributed by atoms with E-state index >= 15 is 0 Å². The molecular weight excluding hydrogens is 258 g/mol. The quantitative estimate of drug-likeness (QED) is 0.872. The van der Waals surface area contributed by atoms with Crippen molar-refractivity contribution in [2.24, 2.45) is 0 Å². The lowest BCUT2D eigenvalue weighted by Crippen LogP contribution is -2.10. The normalized spacial score (nSPS) is 12.2. The van der Waals surface area contributed by atoms with Gasteiger partial charge in [0.1, 0.15) is 11.6 Å². The molecule has 5 heteroatoms. The van der Waals surface area contributed by atoms with E-state index in [1.807, 2.05) is 19.9 Å². The second-order valence-corrected chi connectivity index (χ2v) is 5.17. The Hall–Kier alpha value is -1.62. The molecule has 4 nitrogen and oxygen atoms in total. The molecule has 0 bridgehead atoms. The molecule has 0 fully saturated rings. The van der Waals surface area contributed by atoms with Crippen molar-refractivity contribution >= 4 is 17.2 Å². The molecule has 0 amide bonds. The zero-order valence-corrected chi connectivity index (χ0v) is 12.3. The molecule has 0 saturated heterocycles. The zero-order chi connectivity index (χ0) is 13.7. The van der Waals surface area contributed by atoms with Crippen LogP contribution in [0.15, 0.2) is 23.6 Å². The summed E-state index contributed by atoms with van der Waals surface area (Å²) in [4.78, 5) is 9.98. The molecular formula is C14H19N3OS. The molecule has 0 aliphatic heterocycles. The van der Waals surface area contributed by atoms with Crippen LogP contribution >= 0.6 is 11.3 Å². The summed E-state index contributed by atoms with van der Waals surface area (Å²) in [5, 5.41) is 5.54. The first-order valence-corrected chi connectivity index (χ1v) is 7.39. The largest absolute Gasteiger partial charge is 0.478 e. The highest BCUT2D eigenvalue weighted by Crippen LogP contribution is 2.26. The topological polar surface area (TPSA) is 47.0 Å². The Kier molecular flexibility index (Phi) is 4.74. The number of hydrogen-bond acceptors (Lipinski definition) is 5. The van der Waals surface area contributed by atoms with Crippen LogP contribution in [0.4, 0.5) is 5.82 Å². The average Bonchev–Trinajstić information content (AvgIpc) is 2.89. The average molecular weight is 277 g/mol. The van der Waals surface area contributed by atoms with E-state index in [9.17, 15) is 0 Å². The number of rotatable bonds is 6. The minimum Gasteiger partial charge on any atom is -0.478 e. The van der Waals surface area contributed by atoms with Crippen molar-refractivity contribution in [2.75, 3.05) is 11.9 Å². The van der Waals surface area contributed by atoms with Crippen LogP contribution < -0.4 is 10.1 Å². The molecule has 0 spiro atoms. The Bertz CT molecular complexity index is 513. The Morgan fingerprint density at radius 2 is 2.21 bits per heavy atom. The first-order chi connectivity index (χ1) is 9.22. The molecule has 0 saturated carbocycles. The van der Waals surface area contributed by atoms with Crippen molar-refractivity contribution in [2.45, 2.75) is 33.2 Å². The minimum atomic E-state index is 0.281. The van der Waals surface area contributed by atoms with Crippen molar-refractivity contribution in [3.63, 3.8) is 0 Å². The van der Waals surface area contributed by atoms with E-state index < -0.39 is 0 Å². The summed E-state index contributed by atoms with van der Waals surface area (Å²) in [5.74, 6) is 2.16. The number of aryl methyl sites for hydroxylation is 1. The van der Waals surface area contributed by atoms with Gasteiger partial charge >= 0.3 is 0 Å². The first-order valence-electron chi connectivity index (χ1n) is 6.51. The van der Waals surface area contributed by atoms with E-state index in [2.05, 4.69) is 39.7 Å². The number of thiophene rings is 1. The van der Waals surface area contributed by atoms with E-state index in [4.69, 9.17) is 4.74 Å². The van der Waals surface area contributed by atoms with Gasteiger partial charge in [-0.25, -0.2) is 4.98 Å². The minimum absolute atomic E-state index is 0.281. The van der Waals surface area contributed by atoms with Crippen molar-refractivity contribution in [1.82, 2.24) is 9.97 Å². The summed E-state index contributed by atoms with van der Waals surface area (Å²) in [5.41, 5.74) is 0. The maximum absolute atomic E-state index is 5.44. The van der Waals surface area contributed by atoms with Crippen LogP contribution in [-0.2, 0) is 0 Å². The molecule has 2 aromatic heterocycles. The van der Waals surface area contributed by atoms with Crippen LogP contribution in [0.2, 0.25) is 0 Å². The number of ether oxygens (including phenoxy) is 1. The van der Waals surface area contributed by atoms with Gasteiger partial charge in [0.05, 0.1) is 12.6 Å². The lowest BCUT2D eigenvalue weighted by atomic mass is 10.2. The second-order valence-electron chi connectivity index (χ2n) is 4.19. The van der Waals surface area contributed by atoms with Crippen LogP contribution in [0, 0.1) is 6.92 Å². The molecule has 2 aromatic rings. The molecule has 1 unspecified atom stereocenters. The van der Waals surface area contributed by atoms with E-state index in [0.717, 1.165) is 18.1 Å². The van der Waals surface area contributed by atoms with E-state index in [0.29, 0.717) is 12.5 Å². The highest BCUT2D eigenvalue weighted by molar-refractivity contribution is 7.10. The maximum Gasteiger partial charge on any atom is 0.218 e. The molecule has 102 valence electrons. The van der Waals surface area contributed by atoms with Gasteiger partial charge in [-0.15, -0.1) is 11.3 Å². The second kappa shape index (κ2) is 6.52. The number of aromatic nitrogens is 2. The molecule has 1 atom stereocenters. The van der Waals surface area contributed by atoms with E-state index in [1.54, 1.807) is 11.3 Å². The van der Waals surface area contributed by atoms with Crippen molar-refractivity contribution in [3.05, 3.63) is 34.3 Å². The summed E-state index contributed by atoms with van der Waals surface area (Å²) in [6.45, 7) is 6.59. The third kappa shape index (κ3) is 3.67. The number of anilines is 1. The molecule has 0 radical (unpaired) electrons. The summed E-state index contributed by atoms with van der Waals surface area (Å²) >= 11 is 1.76. The van der Waals surface area contributed by atoms with Crippen molar-refractivity contribution in [1.29, 1.82) is 0 Å². The van der Waals surface area contributed by atoms with Gasteiger partial charge < -0.3 is 10.1 Å². The van der Waals surface area contributed by atoms with Crippen LogP contribution in [-0.4, -0.2) is 16.6 Å². The standard InChI is InChI=1S/C14H19N3OS/c1-4-11(12-7-6-8-19-12)17-13-9-14(18-5-2)16-10(3)15-13/h6-9,11H,4-5H2,1-3H3,(H,15,16,17). The monoisotopic (exact) mass is 277 g/mol. The van der Waals surface area contributed by atoms with Gasteiger partial charge in [0.2, 0.25) is 5.88 Å². The molecule has 19 heavy (non-hydrogen) atoms. The fourth-order valence-electron chi connectivity index (χ4n) is 1.88. The molecule has 1 N–H and O–H groups in total. The third-order valence-electron chi connectivity index (χ3n) is 2.72. The first kappa shape index (κ1) is 13.8. The summed E-state index contributed by atoms with van der Waals surface area (Å²) in [6, 6.07) is 6.35. The van der Waals surface area contributed by atoms with Gasteiger partial charge in [-0.05, 0) is 31.7 Å². The van der Waals surface area contributed by atoms with Crippen LogP contribution in [0.5, 0.6) is 5.88 Å². The molecule has 0 aliphatic carbocycles. The lowest BCUT2D eigenvalue weighted by Gasteiger charge is -2.16. The predicted octanol–water partition coefficient (Wildman–Crippen LogP) is 3.81. The SMILES string of the molecule is CCOc1cc(NC(CC)c2cccs2)nc(C)n1. The molecule has 2 heterocycles. The lowest BCUT2D eigenvalue weighted by molar-refractivity contribution is 0.325. The van der Waals surface area contributed by atoms with Gasteiger partial charge in [0, 0.05) is 10.9 Å². The van der Waals surface area contributed by atoms with Crippen LogP contribution in [0.25, 0.3) is 0 Å². The number of nitrogens with zero attached hydrogens (tertiary/aromatic N) is 2. The van der Waals surface area contributed by atoms with Gasteiger partial charge in [-0.2, -0.15) is 4.98 Å². The Morgan fingerprint density at radius 3 is 2.84 bits per heavy atom. The smallest absolute Gasteiger partial charge is 0.218 e. The van der Waals surface area contributed by atoms with Gasteiger partial charge in [0.15, 0.2) is 0 Å². The van der Waals surface area contributed by atoms with Gasteiger partial charge in [-0.3, -0.25) is 0 Å². The van der Waals surface area contributed by atoms with Crippen molar-refractivity contribution < 1.29 is 4.74 Å². The fraction of sp³-hybridized carbons (Fsp3) is 0.429. The van der Waals surface area contributed by atoms with E-state index in [1.165, 1.54) is 4.88 Å². The zero-order valence-electron chi connectivity index (χ0n) is 11.5. The Balaban J connectivity index is 2.17. The molecule has 2 rings (SSSR count). The third-order valence-corrected chi connectivity index (χ3v) is 3.71. The summed E-state index contributed by atoms with van der Waals surface area (Å²) in [7, 11) is 0. The number of nitrogens with one attached hydrogen (secondary N) is 1. The highest BCUT2D eigenvalue weighted by atomic mass is 32.1. The van der Waals surface area contributed by atoms with Gasteiger partial charge in [-0.1, -0.05) is 13.0 Å². The molecule has 0 aliphatic rings. The van der Waals surface area contributed by atoms with Crippen molar-refractivity contribution in [3.8, 4) is 5.88 Å². The number of hydrogen-bond donors (Lipinski definition) is 1. The fourth-order valence-corrected chi connectivity index (χ4v) is 2.74. The van der Waals surface area contributed by atoms with Crippen LogP contribution in [0.1, 0.15) is 37.0 Å². The Labute approximate surface area is 117 Å². The maximum atomic E-state index is 5.44. The highest BCUT2D eigenvalue weighted by Gasteiger charge is 2.12. The van der Waals surface area contributed by atoms with Crippen LogP contribution in [0.3, 0.4) is 0 Å². The molecule has 0 aromatic carbocycles. The predicted molar refractivity (Wildman–Crippen MR) is 78.9 cm³/mol. The summed E-state index contributed by atoms with van der Waals surface area (Å²) in [6.07, 6.45) is 1.01. The van der Waals surface area contributed by atoms with E-state index in [-0.39, 0.29) is 6.04 Å². The summed E-state index contributed by atoms with van der Waals surface area (Å²) < 4.78 is 5.44. The Morgan fingerprint density at radius 1 is 1.37 bits per heavy atom. The van der Waals surface area contributed by atoms with Gasteiger partial charge in [0.25, 0.3) is 0 Å².